The van der Waals surface area contributed by atoms with Crippen LogP contribution in [0.25, 0.3) is 6.08 Å². The smallest absolute Gasteiger partial charge is 0.231 e. The number of allylic oxidation sites excluding steroid dienone is 1. The summed E-state index contributed by atoms with van der Waals surface area (Å²) in [5.74, 6) is 0.184. The Labute approximate surface area is 163 Å². The Morgan fingerprint density at radius 1 is 1.07 bits per heavy atom. The molecule has 146 valence electrons. The molecule has 6 heteroatoms. The monoisotopic (exact) mass is 382 g/mol. The van der Waals surface area contributed by atoms with Crippen molar-refractivity contribution >= 4 is 11.9 Å². The van der Waals surface area contributed by atoms with Gasteiger partial charge in [-0.2, -0.15) is 0 Å². The van der Waals surface area contributed by atoms with Gasteiger partial charge in [0.05, 0.1) is 11.1 Å². The zero-order chi connectivity index (χ0) is 19.7. The molecule has 2 aliphatic heterocycles. The van der Waals surface area contributed by atoms with Crippen molar-refractivity contribution < 1.29 is 19.0 Å². The van der Waals surface area contributed by atoms with Crippen LogP contribution in [0.5, 0.6) is 11.5 Å². The highest BCUT2D eigenvalue weighted by atomic mass is 19.1. The van der Waals surface area contributed by atoms with E-state index in [9.17, 15) is 14.3 Å². The van der Waals surface area contributed by atoms with Crippen molar-refractivity contribution in [3.05, 3.63) is 64.7 Å². The lowest BCUT2D eigenvalue weighted by atomic mass is 10.0. The molecule has 0 radical (unpaired) electrons. The van der Waals surface area contributed by atoms with Crippen LogP contribution < -0.4 is 4.74 Å². The predicted molar refractivity (Wildman–Crippen MR) is 105 cm³/mol. The largest absolute Gasteiger partial charge is 0.507 e. The Morgan fingerprint density at radius 3 is 2.43 bits per heavy atom. The summed E-state index contributed by atoms with van der Waals surface area (Å²) in [5.41, 5.74) is 1.77. The first-order chi connectivity index (χ1) is 13.5. The number of phenols is 1. The van der Waals surface area contributed by atoms with E-state index in [0.717, 1.165) is 32.7 Å². The van der Waals surface area contributed by atoms with Crippen LogP contribution in [0, 0.1) is 5.82 Å². The van der Waals surface area contributed by atoms with Gasteiger partial charge in [0.1, 0.15) is 17.3 Å². The van der Waals surface area contributed by atoms with Gasteiger partial charge in [0.15, 0.2) is 5.76 Å². The number of benzene rings is 2. The van der Waals surface area contributed by atoms with Crippen molar-refractivity contribution in [3.8, 4) is 11.5 Å². The number of fused-ring (bicyclic) bond motifs is 1. The van der Waals surface area contributed by atoms with Gasteiger partial charge in [0, 0.05) is 32.7 Å². The molecular weight excluding hydrogens is 359 g/mol. The van der Waals surface area contributed by atoms with E-state index in [2.05, 4.69) is 16.7 Å². The minimum absolute atomic E-state index is 0.132. The van der Waals surface area contributed by atoms with E-state index >= 15 is 0 Å². The first-order valence-electron chi connectivity index (χ1n) is 9.54. The number of Topliss-reactive ketones (excluding diaryl/α,β-unsaturated/α-hetero) is 1. The maximum absolute atomic E-state index is 13.1. The first-order valence-corrected chi connectivity index (χ1v) is 9.54. The molecule has 28 heavy (non-hydrogen) atoms. The number of carbonyl (C=O) groups excluding carboxylic acids is 1. The highest BCUT2D eigenvalue weighted by Crippen LogP contribution is 2.40. The molecule has 0 atom stereocenters. The molecule has 5 nitrogen and oxygen atoms in total. The summed E-state index contributed by atoms with van der Waals surface area (Å²) in [7, 11) is 0. The molecule has 0 unspecified atom stereocenters. The number of piperazine rings is 1. The Kier molecular flexibility index (Phi) is 5.15. The van der Waals surface area contributed by atoms with E-state index in [1.165, 1.54) is 12.1 Å². The molecule has 1 saturated heterocycles. The third-order valence-corrected chi connectivity index (χ3v) is 5.38. The van der Waals surface area contributed by atoms with Gasteiger partial charge in [-0.1, -0.05) is 19.1 Å². The molecule has 0 aliphatic carbocycles. The highest BCUT2D eigenvalue weighted by molar-refractivity contribution is 6.15. The number of hydrogen-bond acceptors (Lipinski definition) is 5. The zero-order valence-corrected chi connectivity index (χ0v) is 15.8. The summed E-state index contributed by atoms with van der Waals surface area (Å²) >= 11 is 0. The van der Waals surface area contributed by atoms with Crippen LogP contribution in [0.15, 0.2) is 42.2 Å². The quantitative estimate of drug-likeness (QED) is 0.823. The molecule has 2 aromatic rings. The molecule has 2 aromatic carbocycles. The van der Waals surface area contributed by atoms with Gasteiger partial charge in [-0.25, -0.2) is 4.39 Å². The minimum atomic E-state index is -0.334. The molecule has 0 saturated carbocycles. The van der Waals surface area contributed by atoms with E-state index in [4.69, 9.17) is 4.74 Å². The van der Waals surface area contributed by atoms with Crippen LogP contribution >= 0.6 is 0 Å². The van der Waals surface area contributed by atoms with Crippen molar-refractivity contribution in [3.63, 3.8) is 0 Å². The van der Waals surface area contributed by atoms with Gasteiger partial charge in [-0.15, -0.1) is 0 Å². The highest BCUT2D eigenvalue weighted by Gasteiger charge is 2.32. The second-order valence-electron chi connectivity index (χ2n) is 7.14. The van der Waals surface area contributed by atoms with Gasteiger partial charge in [-0.3, -0.25) is 9.69 Å². The lowest BCUT2D eigenvalue weighted by molar-refractivity contribution is 0.101. The Balaban J connectivity index is 1.58. The molecule has 2 heterocycles. The van der Waals surface area contributed by atoms with Crippen molar-refractivity contribution in [2.24, 2.45) is 0 Å². The van der Waals surface area contributed by atoms with Crippen LogP contribution in [-0.2, 0) is 6.54 Å². The Morgan fingerprint density at radius 2 is 1.75 bits per heavy atom. The number of nitrogens with zero attached hydrogens (tertiary/aromatic N) is 2. The van der Waals surface area contributed by atoms with E-state index < -0.39 is 0 Å². The average molecular weight is 382 g/mol. The third-order valence-electron chi connectivity index (χ3n) is 5.38. The second kappa shape index (κ2) is 7.73. The lowest BCUT2D eigenvalue weighted by Crippen LogP contribution is -2.45. The fourth-order valence-electron chi connectivity index (χ4n) is 3.65. The van der Waals surface area contributed by atoms with Crippen LogP contribution in [-0.4, -0.2) is 53.4 Å². The summed E-state index contributed by atoms with van der Waals surface area (Å²) in [6.45, 7) is 7.51. The summed E-state index contributed by atoms with van der Waals surface area (Å²) < 4.78 is 19.0. The number of phenolic OH excluding ortho intramolecular Hbond substituents is 1. The number of rotatable bonds is 4. The second-order valence-corrected chi connectivity index (χ2v) is 7.14. The predicted octanol–water partition coefficient (Wildman–Crippen LogP) is 3.29. The van der Waals surface area contributed by atoms with Gasteiger partial charge >= 0.3 is 0 Å². The Bertz CT molecular complexity index is 916. The molecular formula is C22H23FN2O3. The van der Waals surface area contributed by atoms with Crippen molar-refractivity contribution in [2.45, 2.75) is 13.5 Å². The van der Waals surface area contributed by atoms with Gasteiger partial charge < -0.3 is 14.7 Å². The van der Waals surface area contributed by atoms with E-state index in [-0.39, 0.29) is 23.1 Å². The average Bonchev–Trinajstić information content (AvgIpc) is 3.02. The number of aromatic hydroxyl groups is 1. The van der Waals surface area contributed by atoms with Crippen LogP contribution in [0.1, 0.15) is 28.4 Å². The molecule has 4 rings (SSSR count). The molecule has 0 aromatic heterocycles. The van der Waals surface area contributed by atoms with Crippen molar-refractivity contribution in [1.29, 1.82) is 0 Å². The van der Waals surface area contributed by atoms with Gasteiger partial charge in [0.2, 0.25) is 5.78 Å². The fourth-order valence-corrected chi connectivity index (χ4v) is 3.65. The molecule has 0 amide bonds. The number of halogens is 1. The maximum atomic E-state index is 13.1. The van der Waals surface area contributed by atoms with Gasteiger partial charge in [-0.05, 0) is 42.4 Å². The van der Waals surface area contributed by atoms with E-state index in [1.807, 2.05) is 0 Å². The number of ether oxygens (including phenoxy) is 1. The van der Waals surface area contributed by atoms with Crippen LogP contribution in [0.3, 0.4) is 0 Å². The summed E-state index contributed by atoms with van der Waals surface area (Å²) in [5, 5.41) is 10.4. The van der Waals surface area contributed by atoms with Crippen LogP contribution in [0.4, 0.5) is 4.39 Å². The molecule has 1 N–H and O–H groups in total. The number of hydrogen-bond donors (Lipinski definition) is 1. The zero-order valence-electron chi connectivity index (χ0n) is 15.8. The van der Waals surface area contributed by atoms with Crippen molar-refractivity contribution in [2.75, 3.05) is 32.7 Å². The minimum Gasteiger partial charge on any atom is -0.507 e. The number of ketones is 1. The SMILES string of the molecule is CCN1CCN(Cc2c(O)ccc3c2OC(=Cc2ccc(F)cc2)C3=O)CC1. The lowest BCUT2D eigenvalue weighted by Gasteiger charge is -2.34. The van der Waals surface area contributed by atoms with Crippen LogP contribution in [0.2, 0.25) is 0 Å². The Hall–Kier alpha value is -2.70. The first kappa shape index (κ1) is 18.7. The maximum Gasteiger partial charge on any atom is 0.231 e. The third kappa shape index (κ3) is 3.66. The normalized spacial score (nSPS) is 19.1. The standard InChI is InChI=1S/C22H23FN2O3/c1-2-24-9-11-25(12-10-24)14-18-19(26)8-7-17-21(27)20(28-22(17)18)13-15-3-5-16(23)6-4-15/h3-8,13,26H,2,9-12,14H2,1H3. The number of carbonyl (C=O) groups is 1. The topological polar surface area (TPSA) is 53.0 Å². The summed E-state index contributed by atoms with van der Waals surface area (Å²) in [4.78, 5) is 17.4. The molecule has 2 aliphatic rings. The summed E-state index contributed by atoms with van der Waals surface area (Å²) in [6, 6.07) is 9.01. The van der Waals surface area contributed by atoms with Crippen molar-refractivity contribution in [1.82, 2.24) is 9.80 Å². The number of likely N-dealkylation sites (N-methyl/N-ethyl adjacent to an activating group) is 1. The van der Waals surface area contributed by atoms with E-state index in [1.54, 1.807) is 30.3 Å². The molecule has 0 bridgehead atoms. The molecule has 1 fully saturated rings. The fraction of sp³-hybridized carbons (Fsp3) is 0.318. The van der Waals surface area contributed by atoms with Gasteiger partial charge in [0.25, 0.3) is 0 Å². The van der Waals surface area contributed by atoms with E-state index in [0.29, 0.717) is 29.0 Å². The summed E-state index contributed by atoms with van der Waals surface area (Å²) in [6.07, 6.45) is 1.60. The molecule has 0 spiro atoms.